The molecule has 0 bridgehead atoms. The summed E-state index contributed by atoms with van der Waals surface area (Å²) >= 11 is 0. The molecule has 15 heavy (non-hydrogen) atoms. The molecule has 1 aliphatic rings. The molecular formula is C13H18O2. The smallest absolute Gasteiger partial charge is 0.160 e. The zero-order valence-corrected chi connectivity index (χ0v) is 9.29. The topological polar surface area (TPSA) is 18.5 Å². The van der Waals surface area contributed by atoms with Crippen molar-refractivity contribution >= 4 is 0 Å². The van der Waals surface area contributed by atoms with Gasteiger partial charge in [0.05, 0.1) is 0 Å². The molecule has 0 N–H and O–H groups in total. The van der Waals surface area contributed by atoms with Gasteiger partial charge >= 0.3 is 0 Å². The zero-order chi connectivity index (χ0) is 11.1. The molecule has 82 valence electrons. The summed E-state index contributed by atoms with van der Waals surface area (Å²) in [5.74, 6) is 1.70. The van der Waals surface area contributed by atoms with E-state index >= 15 is 0 Å². The van der Waals surface area contributed by atoms with Gasteiger partial charge in [-0.05, 0) is 31.4 Å². The molecule has 2 nitrogen and oxygen atoms in total. The lowest BCUT2D eigenvalue weighted by atomic mass is 10.0. The molecule has 0 saturated carbocycles. The van der Waals surface area contributed by atoms with E-state index in [2.05, 4.69) is 26.2 Å². The quantitative estimate of drug-likeness (QED) is 0.620. The van der Waals surface area contributed by atoms with E-state index in [1.54, 1.807) is 12.2 Å². The van der Waals surface area contributed by atoms with Gasteiger partial charge in [0.15, 0.2) is 11.5 Å². The summed E-state index contributed by atoms with van der Waals surface area (Å²) in [6.07, 6.45) is 7.58. The average Bonchev–Trinajstić information content (AvgIpc) is 2.25. The first-order valence-electron chi connectivity index (χ1n) is 5.17. The Balaban J connectivity index is 2.69. The fourth-order valence-electron chi connectivity index (χ4n) is 1.45. The van der Waals surface area contributed by atoms with Crippen LogP contribution in [0.3, 0.4) is 0 Å². The molecule has 0 radical (unpaired) electrons. The van der Waals surface area contributed by atoms with Gasteiger partial charge < -0.3 is 9.47 Å². The fraction of sp³-hybridized carbons (Fsp3) is 0.385. The van der Waals surface area contributed by atoms with Gasteiger partial charge in [0, 0.05) is 0 Å². The van der Waals surface area contributed by atoms with Crippen LogP contribution >= 0.6 is 0 Å². The highest BCUT2D eigenvalue weighted by Gasteiger charge is 2.15. The molecule has 0 aliphatic heterocycles. The van der Waals surface area contributed by atoms with Crippen molar-refractivity contribution < 1.29 is 9.47 Å². The molecule has 0 fully saturated rings. The molecule has 0 aromatic carbocycles. The molecule has 0 atom stereocenters. The van der Waals surface area contributed by atoms with Gasteiger partial charge in [-0.25, -0.2) is 0 Å². The first-order valence-corrected chi connectivity index (χ1v) is 5.17. The highest BCUT2D eigenvalue weighted by molar-refractivity contribution is 5.29. The van der Waals surface area contributed by atoms with E-state index in [4.69, 9.17) is 9.47 Å². The molecule has 0 spiro atoms. The van der Waals surface area contributed by atoms with E-state index in [0.29, 0.717) is 13.2 Å². The summed E-state index contributed by atoms with van der Waals surface area (Å²) in [6.45, 7) is 10.4. The van der Waals surface area contributed by atoms with Crippen molar-refractivity contribution in [2.24, 2.45) is 0 Å². The lowest BCUT2D eigenvalue weighted by molar-refractivity contribution is 0.174. The average molecular weight is 206 g/mol. The lowest BCUT2D eigenvalue weighted by Gasteiger charge is -2.19. The molecule has 0 saturated heterocycles. The van der Waals surface area contributed by atoms with Gasteiger partial charge in [-0.1, -0.05) is 25.3 Å². The van der Waals surface area contributed by atoms with Crippen molar-refractivity contribution in [1.29, 1.82) is 0 Å². The zero-order valence-electron chi connectivity index (χ0n) is 9.29. The monoisotopic (exact) mass is 206 g/mol. The van der Waals surface area contributed by atoms with Crippen LogP contribution in [-0.4, -0.2) is 13.2 Å². The van der Waals surface area contributed by atoms with Gasteiger partial charge in [-0.15, -0.1) is 0 Å². The first kappa shape index (κ1) is 11.6. The summed E-state index contributed by atoms with van der Waals surface area (Å²) in [4.78, 5) is 0. The third-order valence-electron chi connectivity index (χ3n) is 2.16. The van der Waals surface area contributed by atoms with Crippen LogP contribution in [0.5, 0.6) is 0 Å². The molecule has 0 aromatic rings. The number of allylic oxidation sites excluding steroid dienone is 2. The van der Waals surface area contributed by atoms with Gasteiger partial charge in [0.1, 0.15) is 13.2 Å². The van der Waals surface area contributed by atoms with E-state index < -0.39 is 0 Å². The highest BCUT2D eigenvalue weighted by Crippen LogP contribution is 2.26. The summed E-state index contributed by atoms with van der Waals surface area (Å²) in [5, 5.41) is 0. The minimum absolute atomic E-state index is 0.514. The minimum atomic E-state index is 0.514. The molecule has 1 rings (SSSR count). The lowest BCUT2D eigenvalue weighted by Crippen LogP contribution is -2.07. The first-order chi connectivity index (χ1) is 7.29. The molecule has 0 unspecified atom stereocenters. The van der Waals surface area contributed by atoms with E-state index in [1.807, 2.05) is 0 Å². The van der Waals surface area contributed by atoms with Crippen molar-refractivity contribution in [3.05, 3.63) is 48.5 Å². The van der Waals surface area contributed by atoms with Crippen LogP contribution in [0.25, 0.3) is 0 Å². The predicted molar refractivity (Wildman–Crippen MR) is 62.3 cm³/mol. The third-order valence-corrected chi connectivity index (χ3v) is 2.16. The number of hydrogen-bond acceptors (Lipinski definition) is 2. The van der Waals surface area contributed by atoms with E-state index in [1.165, 1.54) is 5.57 Å². The predicted octanol–water partition coefficient (Wildman–Crippen LogP) is 3.34. The maximum Gasteiger partial charge on any atom is 0.160 e. The third kappa shape index (κ3) is 3.31. The maximum atomic E-state index is 5.59. The van der Waals surface area contributed by atoms with E-state index in [-0.39, 0.29) is 0 Å². The van der Waals surface area contributed by atoms with Crippen LogP contribution in [0.2, 0.25) is 0 Å². The van der Waals surface area contributed by atoms with E-state index in [0.717, 1.165) is 24.4 Å². The Morgan fingerprint density at radius 1 is 1.27 bits per heavy atom. The molecule has 0 amide bonds. The number of hydrogen-bond donors (Lipinski definition) is 0. The largest absolute Gasteiger partial charge is 0.486 e. The summed E-state index contributed by atoms with van der Waals surface area (Å²) in [7, 11) is 0. The Kier molecular flexibility index (Phi) is 4.75. The standard InChI is InChI=1S/C13H18O2/c1-4-9-14-12-8-6-7-11(3)13(12)15-10-5-2/h4-5,8H,1-2,6-7,9-10H2,3H3. The van der Waals surface area contributed by atoms with Crippen molar-refractivity contribution in [3.8, 4) is 0 Å². The highest BCUT2D eigenvalue weighted by atomic mass is 16.5. The Labute approximate surface area is 91.6 Å². The number of rotatable bonds is 6. The van der Waals surface area contributed by atoms with Crippen LogP contribution in [0.15, 0.2) is 48.5 Å². The van der Waals surface area contributed by atoms with Crippen LogP contribution in [-0.2, 0) is 9.47 Å². The Hall–Kier alpha value is -1.44. The van der Waals surface area contributed by atoms with Crippen molar-refractivity contribution in [2.45, 2.75) is 19.8 Å². The molecular weight excluding hydrogens is 188 g/mol. The summed E-state index contributed by atoms with van der Waals surface area (Å²) in [6, 6.07) is 0. The maximum absolute atomic E-state index is 5.59. The van der Waals surface area contributed by atoms with Crippen LogP contribution in [0.1, 0.15) is 19.8 Å². The second-order valence-corrected chi connectivity index (χ2v) is 3.42. The van der Waals surface area contributed by atoms with Crippen LogP contribution in [0.4, 0.5) is 0 Å². The van der Waals surface area contributed by atoms with E-state index in [9.17, 15) is 0 Å². The molecule has 0 heterocycles. The van der Waals surface area contributed by atoms with Gasteiger partial charge in [0.2, 0.25) is 0 Å². The second-order valence-electron chi connectivity index (χ2n) is 3.42. The summed E-state index contributed by atoms with van der Waals surface area (Å²) in [5.41, 5.74) is 1.23. The Morgan fingerprint density at radius 3 is 2.60 bits per heavy atom. The SMILES string of the molecule is C=CCOC1=CCCC(C)=C1OCC=C. The van der Waals surface area contributed by atoms with Crippen molar-refractivity contribution in [3.63, 3.8) is 0 Å². The van der Waals surface area contributed by atoms with Crippen LogP contribution in [0, 0.1) is 0 Å². The normalized spacial score (nSPS) is 15.7. The van der Waals surface area contributed by atoms with Crippen LogP contribution < -0.4 is 0 Å². The second kappa shape index (κ2) is 6.12. The Morgan fingerprint density at radius 2 is 1.93 bits per heavy atom. The van der Waals surface area contributed by atoms with Crippen molar-refractivity contribution in [1.82, 2.24) is 0 Å². The fourth-order valence-corrected chi connectivity index (χ4v) is 1.45. The molecule has 2 heteroatoms. The molecule has 0 aromatic heterocycles. The minimum Gasteiger partial charge on any atom is -0.486 e. The summed E-state index contributed by atoms with van der Waals surface area (Å²) < 4.78 is 11.1. The van der Waals surface area contributed by atoms with Gasteiger partial charge in [-0.2, -0.15) is 0 Å². The molecule has 1 aliphatic carbocycles. The van der Waals surface area contributed by atoms with Crippen molar-refractivity contribution in [2.75, 3.05) is 13.2 Å². The van der Waals surface area contributed by atoms with Gasteiger partial charge in [0.25, 0.3) is 0 Å². The van der Waals surface area contributed by atoms with Gasteiger partial charge in [-0.3, -0.25) is 0 Å². The number of ether oxygens (including phenoxy) is 2. The Bertz CT molecular complexity index is 298.